The summed E-state index contributed by atoms with van der Waals surface area (Å²) in [5.41, 5.74) is 2.40. The standard InChI is InChI=1S/C14H20BrNO/c1-11-6-8-13(9-7-11)12(2)16-14(17)5-3-4-10-15/h6-9,12H,3-5,10H2,1-2H3,(H,16,17). The summed E-state index contributed by atoms with van der Waals surface area (Å²) >= 11 is 3.36. The molecule has 1 N–H and O–H groups in total. The fourth-order valence-electron chi connectivity index (χ4n) is 1.63. The lowest BCUT2D eigenvalue weighted by Gasteiger charge is -2.14. The SMILES string of the molecule is Cc1ccc(C(C)NC(=O)CCCCBr)cc1. The quantitative estimate of drug-likeness (QED) is 0.629. The largest absolute Gasteiger partial charge is 0.350 e. The number of aryl methyl sites for hydroxylation is 1. The lowest BCUT2D eigenvalue weighted by Crippen LogP contribution is -2.26. The summed E-state index contributed by atoms with van der Waals surface area (Å²) in [4.78, 5) is 11.6. The first-order chi connectivity index (χ1) is 8.13. The highest BCUT2D eigenvalue weighted by molar-refractivity contribution is 9.09. The van der Waals surface area contributed by atoms with E-state index in [1.54, 1.807) is 0 Å². The van der Waals surface area contributed by atoms with Gasteiger partial charge in [0.1, 0.15) is 0 Å². The van der Waals surface area contributed by atoms with Gasteiger partial charge in [-0.1, -0.05) is 45.8 Å². The van der Waals surface area contributed by atoms with Crippen LogP contribution in [0, 0.1) is 6.92 Å². The number of nitrogens with one attached hydrogen (secondary N) is 1. The molecule has 1 amide bonds. The van der Waals surface area contributed by atoms with Crippen LogP contribution in [-0.2, 0) is 4.79 Å². The zero-order chi connectivity index (χ0) is 12.7. The fourth-order valence-corrected chi connectivity index (χ4v) is 2.03. The number of benzene rings is 1. The average molecular weight is 298 g/mol. The number of alkyl halides is 1. The maximum atomic E-state index is 11.6. The molecule has 17 heavy (non-hydrogen) atoms. The van der Waals surface area contributed by atoms with Gasteiger partial charge in [-0.3, -0.25) is 4.79 Å². The lowest BCUT2D eigenvalue weighted by molar-refractivity contribution is -0.121. The monoisotopic (exact) mass is 297 g/mol. The molecule has 0 saturated heterocycles. The molecule has 1 atom stereocenters. The summed E-state index contributed by atoms with van der Waals surface area (Å²) in [5.74, 6) is 0.138. The van der Waals surface area contributed by atoms with Gasteiger partial charge in [0.05, 0.1) is 6.04 Å². The highest BCUT2D eigenvalue weighted by Gasteiger charge is 2.08. The molecule has 0 radical (unpaired) electrons. The van der Waals surface area contributed by atoms with Gasteiger partial charge in [0.2, 0.25) is 5.91 Å². The van der Waals surface area contributed by atoms with Crippen LogP contribution < -0.4 is 5.32 Å². The minimum atomic E-state index is 0.0899. The summed E-state index contributed by atoms with van der Waals surface area (Å²) in [6.07, 6.45) is 2.60. The summed E-state index contributed by atoms with van der Waals surface area (Å²) in [5, 5.41) is 3.99. The Balaban J connectivity index is 2.40. The molecule has 0 bridgehead atoms. The van der Waals surface area contributed by atoms with Gasteiger partial charge in [-0.05, 0) is 32.3 Å². The molecule has 1 aromatic rings. The Morgan fingerprint density at radius 1 is 1.29 bits per heavy atom. The molecule has 0 aromatic heterocycles. The van der Waals surface area contributed by atoms with E-state index in [1.165, 1.54) is 5.56 Å². The van der Waals surface area contributed by atoms with E-state index in [0.717, 1.165) is 23.7 Å². The molecular formula is C14H20BrNO. The van der Waals surface area contributed by atoms with Gasteiger partial charge >= 0.3 is 0 Å². The second-order valence-corrected chi connectivity index (χ2v) is 5.14. The van der Waals surface area contributed by atoms with Crippen molar-refractivity contribution in [2.45, 2.75) is 39.2 Å². The van der Waals surface area contributed by atoms with Crippen LogP contribution in [0.2, 0.25) is 0 Å². The predicted octanol–water partition coefficient (Wildman–Crippen LogP) is 3.74. The second-order valence-electron chi connectivity index (χ2n) is 4.35. The smallest absolute Gasteiger partial charge is 0.220 e. The van der Waals surface area contributed by atoms with Gasteiger partial charge in [-0.25, -0.2) is 0 Å². The third-order valence-electron chi connectivity index (χ3n) is 2.74. The minimum Gasteiger partial charge on any atom is -0.350 e. The van der Waals surface area contributed by atoms with E-state index in [1.807, 2.05) is 6.92 Å². The van der Waals surface area contributed by atoms with Crippen molar-refractivity contribution in [3.05, 3.63) is 35.4 Å². The number of unbranched alkanes of at least 4 members (excludes halogenated alkanes) is 1. The zero-order valence-corrected chi connectivity index (χ0v) is 12.1. The van der Waals surface area contributed by atoms with Crippen molar-refractivity contribution in [3.8, 4) is 0 Å². The number of amides is 1. The lowest BCUT2D eigenvalue weighted by atomic mass is 10.1. The van der Waals surface area contributed by atoms with Gasteiger partial charge < -0.3 is 5.32 Å². The Hall–Kier alpha value is -0.830. The van der Waals surface area contributed by atoms with E-state index in [0.29, 0.717) is 6.42 Å². The van der Waals surface area contributed by atoms with E-state index in [2.05, 4.69) is 52.4 Å². The minimum absolute atomic E-state index is 0.0899. The Labute approximate surface area is 112 Å². The fraction of sp³-hybridized carbons (Fsp3) is 0.500. The summed E-state index contributed by atoms with van der Waals surface area (Å²) in [6.45, 7) is 4.08. The van der Waals surface area contributed by atoms with Crippen molar-refractivity contribution in [2.24, 2.45) is 0 Å². The Bertz CT molecular complexity index is 348. The van der Waals surface area contributed by atoms with Crippen LogP contribution in [0.5, 0.6) is 0 Å². The van der Waals surface area contributed by atoms with Gasteiger partial charge in [-0.15, -0.1) is 0 Å². The molecule has 0 fully saturated rings. The molecule has 0 spiro atoms. The van der Waals surface area contributed by atoms with E-state index in [4.69, 9.17) is 0 Å². The molecule has 2 nitrogen and oxygen atoms in total. The van der Waals surface area contributed by atoms with E-state index in [9.17, 15) is 4.79 Å². The number of rotatable bonds is 6. The summed E-state index contributed by atoms with van der Waals surface area (Å²) in [7, 11) is 0. The highest BCUT2D eigenvalue weighted by atomic mass is 79.9. The molecule has 1 rings (SSSR count). The zero-order valence-electron chi connectivity index (χ0n) is 10.5. The van der Waals surface area contributed by atoms with Crippen LogP contribution in [0.25, 0.3) is 0 Å². The number of halogens is 1. The normalized spacial score (nSPS) is 12.2. The number of hydrogen-bond acceptors (Lipinski definition) is 1. The van der Waals surface area contributed by atoms with Crippen molar-refractivity contribution < 1.29 is 4.79 Å². The van der Waals surface area contributed by atoms with Crippen LogP contribution in [0.15, 0.2) is 24.3 Å². The summed E-state index contributed by atoms with van der Waals surface area (Å²) in [6, 6.07) is 8.37. The maximum Gasteiger partial charge on any atom is 0.220 e. The molecule has 3 heteroatoms. The van der Waals surface area contributed by atoms with Crippen LogP contribution >= 0.6 is 15.9 Å². The molecule has 1 unspecified atom stereocenters. The Kier molecular flexibility index (Phi) is 6.27. The molecule has 94 valence electrons. The van der Waals surface area contributed by atoms with Crippen molar-refractivity contribution in [1.29, 1.82) is 0 Å². The number of hydrogen-bond donors (Lipinski definition) is 1. The van der Waals surface area contributed by atoms with Gasteiger partial charge in [0.25, 0.3) is 0 Å². The number of carbonyl (C=O) groups is 1. The Morgan fingerprint density at radius 2 is 1.94 bits per heavy atom. The van der Waals surface area contributed by atoms with Crippen molar-refractivity contribution in [3.63, 3.8) is 0 Å². The molecule has 0 saturated carbocycles. The van der Waals surface area contributed by atoms with Crippen LogP contribution in [-0.4, -0.2) is 11.2 Å². The Morgan fingerprint density at radius 3 is 2.53 bits per heavy atom. The maximum absolute atomic E-state index is 11.6. The summed E-state index contributed by atoms with van der Waals surface area (Å²) < 4.78 is 0. The molecule has 0 aliphatic rings. The first-order valence-electron chi connectivity index (χ1n) is 6.05. The van der Waals surface area contributed by atoms with Gasteiger partial charge in [0, 0.05) is 11.8 Å². The van der Waals surface area contributed by atoms with Crippen LogP contribution in [0.4, 0.5) is 0 Å². The third kappa shape index (κ3) is 5.35. The average Bonchev–Trinajstić information content (AvgIpc) is 2.30. The predicted molar refractivity (Wildman–Crippen MR) is 75.4 cm³/mol. The first-order valence-corrected chi connectivity index (χ1v) is 7.17. The van der Waals surface area contributed by atoms with E-state index >= 15 is 0 Å². The molecule has 0 aliphatic heterocycles. The van der Waals surface area contributed by atoms with E-state index in [-0.39, 0.29) is 11.9 Å². The van der Waals surface area contributed by atoms with Crippen molar-refractivity contribution >= 4 is 21.8 Å². The molecule has 0 heterocycles. The topological polar surface area (TPSA) is 29.1 Å². The first kappa shape index (κ1) is 14.2. The van der Waals surface area contributed by atoms with E-state index < -0.39 is 0 Å². The van der Waals surface area contributed by atoms with Gasteiger partial charge in [-0.2, -0.15) is 0 Å². The molecular weight excluding hydrogens is 278 g/mol. The highest BCUT2D eigenvalue weighted by Crippen LogP contribution is 2.13. The third-order valence-corrected chi connectivity index (χ3v) is 3.30. The molecule has 1 aromatic carbocycles. The van der Waals surface area contributed by atoms with Gasteiger partial charge in [0.15, 0.2) is 0 Å². The molecule has 0 aliphatic carbocycles. The van der Waals surface area contributed by atoms with Crippen LogP contribution in [0.3, 0.4) is 0 Å². The van der Waals surface area contributed by atoms with Crippen molar-refractivity contribution in [2.75, 3.05) is 5.33 Å². The number of carbonyl (C=O) groups excluding carboxylic acids is 1. The second kappa shape index (κ2) is 7.49. The van der Waals surface area contributed by atoms with Crippen molar-refractivity contribution in [1.82, 2.24) is 5.32 Å². The van der Waals surface area contributed by atoms with Crippen LogP contribution in [0.1, 0.15) is 43.4 Å².